The zero-order valence-electron chi connectivity index (χ0n) is 9.50. The number of sulfone groups is 1. The van der Waals surface area contributed by atoms with Crippen LogP contribution < -0.4 is 11.1 Å². The topological polar surface area (TPSA) is 72.2 Å². The molecular formula is C10H14F2N2O2S. The number of nitrogens with two attached hydrogens (primary N) is 1. The first kappa shape index (κ1) is 13.7. The number of halogens is 2. The molecule has 0 fully saturated rings. The minimum atomic E-state index is -3.20. The third kappa shape index (κ3) is 3.85. The molecule has 0 bridgehead atoms. The van der Waals surface area contributed by atoms with Gasteiger partial charge in [0.15, 0.2) is 11.6 Å². The van der Waals surface area contributed by atoms with Crippen molar-refractivity contribution in [3.8, 4) is 0 Å². The Morgan fingerprint density at radius 2 is 2.00 bits per heavy atom. The van der Waals surface area contributed by atoms with Crippen molar-refractivity contribution in [2.45, 2.75) is 13.0 Å². The van der Waals surface area contributed by atoms with E-state index in [1.165, 1.54) is 6.07 Å². The van der Waals surface area contributed by atoms with Gasteiger partial charge in [-0.25, -0.2) is 17.2 Å². The molecule has 4 nitrogen and oxygen atoms in total. The monoisotopic (exact) mass is 264 g/mol. The molecule has 1 rings (SSSR count). The van der Waals surface area contributed by atoms with Crippen molar-refractivity contribution in [3.05, 3.63) is 23.8 Å². The maximum absolute atomic E-state index is 13.4. The maximum Gasteiger partial charge on any atom is 0.183 e. The van der Waals surface area contributed by atoms with E-state index in [4.69, 9.17) is 5.73 Å². The number of nitrogen functional groups attached to an aromatic ring is 1. The van der Waals surface area contributed by atoms with E-state index in [9.17, 15) is 17.2 Å². The lowest BCUT2D eigenvalue weighted by molar-refractivity contribution is 0.510. The van der Waals surface area contributed by atoms with Gasteiger partial charge in [0.2, 0.25) is 0 Å². The summed E-state index contributed by atoms with van der Waals surface area (Å²) >= 11 is 0. The molecule has 0 aliphatic heterocycles. The zero-order chi connectivity index (χ0) is 13.2. The van der Waals surface area contributed by atoms with Crippen LogP contribution in [-0.4, -0.2) is 26.5 Å². The highest BCUT2D eigenvalue weighted by Gasteiger charge is 2.16. The van der Waals surface area contributed by atoms with Gasteiger partial charge >= 0.3 is 0 Å². The van der Waals surface area contributed by atoms with Crippen molar-refractivity contribution in [2.75, 3.05) is 23.1 Å². The van der Waals surface area contributed by atoms with E-state index in [-0.39, 0.29) is 17.1 Å². The Balaban J connectivity index is 2.92. The first-order chi connectivity index (χ1) is 7.70. The maximum atomic E-state index is 13.4. The summed E-state index contributed by atoms with van der Waals surface area (Å²) in [5.74, 6) is -2.33. The van der Waals surface area contributed by atoms with Gasteiger partial charge in [-0.2, -0.15) is 0 Å². The van der Waals surface area contributed by atoms with E-state index < -0.39 is 27.5 Å². The molecule has 1 unspecified atom stereocenters. The molecule has 0 aliphatic rings. The third-order valence-corrected chi connectivity index (χ3v) is 3.18. The summed E-state index contributed by atoms with van der Waals surface area (Å²) < 4.78 is 48.4. The molecule has 96 valence electrons. The van der Waals surface area contributed by atoms with Crippen LogP contribution in [0.25, 0.3) is 0 Å². The van der Waals surface area contributed by atoms with E-state index in [0.717, 1.165) is 12.3 Å². The van der Waals surface area contributed by atoms with Gasteiger partial charge in [-0.15, -0.1) is 0 Å². The molecule has 0 saturated carbocycles. The lowest BCUT2D eigenvalue weighted by Gasteiger charge is -2.16. The molecule has 0 spiro atoms. The molecule has 0 aliphatic carbocycles. The van der Waals surface area contributed by atoms with Gasteiger partial charge in [0.05, 0.1) is 17.1 Å². The van der Waals surface area contributed by atoms with Gasteiger partial charge in [0.1, 0.15) is 9.84 Å². The smallest absolute Gasteiger partial charge is 0.183 e. The predicted octanol–water partition coefficient (Wildman–Crippen LogP) is 1.39. The molecule has 7 heteroatoms. The van der Waals surface area contributed by atoms with Crippen LogP contribution in [0.15, 0.2) is 12.1 Å². The summed E-state index contributed by atoms with van der Waals surface area (Å²) in [5.41, 5.74) is 5.31. The molecule has 0 aromatic heterocycles. The van der Waals surface area contributed by atoms with Gasteiger partial charge in [-0.3, -0.25) is 0 Å². The molecule has 0 saturated heterocycles. The van der Waals surface area contributed by atoms with E-state index in [0.29, 0.717) is 0 Å². The third-order valence-electron chi connectivity index (χ3n) is 2.07. The minimum absolute atomic E-state index is 0.0317. The second-order valence-electron chi connectivity index (χ2n) is 3.96. The summed E-state index contributed by atoms with van der Waals surface area (Å²) in [5, 5.41) is 2.56. The molecule has 1 aromatic carbocycles. The van der Waals surface area contributed by atoms with Crippen LogP contribution in [0.2, 0.25) is 0 Å². The van der Waals surface area contributed by atoms with Gasteiger partial charge in [0, 0.05) is 12.3 Å². The van der Waals surface area contributed by atoms with E-state index in [2.05, 4.69) is 5.32 Å². The Bertz CT molecular complexity index is 517. The normalized spacial score (nSPS) is 13.4. The Hall–Kier alpha value is -1.37. The van der Waals surface area contributed by atoms with Crippen molar-refractivity contribution in [3.63, 3.8) is 0 Å². The van der Waals surface area contributed by atoms with E-state index >= 15 is 0 Å². The van der Waals surface area contributed by atoms with Crippen LogP contribution in [0, 0.1) is 11.6 Å². The summed E-state index contributed by atoms with van der Waals surface area (Å²) in [7, 11) is -3.20. The van der Waals surface area contributed by atoms with Crippen molar-refractivity contribution in [2.24, 2.45) is 0 Å². The summed E-state index contributed by atoms with van der Waals surface area (Å²) in [6.45, 7) is 1.55. The lowest BCUT2D eigenvalue weighted by atomic mass is 10.2. The van der Waals surface area contributed by atoms with Crippen LogP contribution in [0.3, 0.4) is 0 Å². The van der Waals surface area contributed by atoms with Crippen LogP contribution in [0.1, 0.15) is 6.92 Å². The SMILES string of the molecule is CC(CS(C)(=O)=O)Nc1c(N)ccc(F)c1F. The average Bonchev–Trinajstić information content (AvgIpc) is 2.16. The second-order valence-corrected chi connectivity index (χ2v) is 6.15. The van der Waals surface area contributed by atoms with Crippen molar-refractivity contribution in [1.29, 1.82) is 0 Å². The molecular weight excluding hydrogens is 250 g/mol. The fraction of sp³-hybridized carbons (Fsp3) is 0.400. The molecule has 17 heavy (non-hydrogen) atoms. The Kier molecular flexibility index (Phi) is 3.92. The molecule has 3 N–H and O–H groups in total. The second kappa shape index (κ2) is 4.87. The van der Waals surface area contributed by atoms with Crippen LogP contribution >= 0.6 is 0 Å². The summed E-state index contributed by atoms with van der Waals surface area (Å²) in [4.78, 5) is 0. The summed E-state index contributed by atoms with van der Waals surface area (Å²) in [6, 6.07) is 1.56. The molecule has 1 atom stereocenters. The average molecular weight is 264 g/mol. The molecule has 0 heterocycles. The fourth-order valence-electron chi connectivity index (χ4n) is 1.45. The largest absolute Gasteiger partial charge is 0.397 e. The zero-order valence-corrected chi connectivity index (χ0v) is 10.3. The van der Waals surface area contributed by atoms with Crippen molar-refractivity contribution >= 4 is 21.2 Å². The number of hydrogen-bond donors (Lipinski definition) is 2. The van der Waals surface area contributed by atoms with Gasteiger partial charge in [-0.1, -0.05) is 0 Å². The van der Waals surface area contributed by atoms with Crippen LogP contribution in [-0.2, 0) is 9.84 Å². The number of anilines is 2. The predicted molar refractivity (Wildman–Crippen MR) is 63.6 cm³/mol. The first-order valence-corrected chi connectivity index (χ1v) is 6.94. The highest BCUT2D eigenvalue weighted by Crippen LogP contribution is 2.25. The Morgan fingerprint density at radius 1 is 1.41 bits per heavy atom. The number of nitrogens with one attached hydrogen (secondary N) is 1. The van der Waals surface area contributed by atoms with Crippen LogP contribution in [0.5, 0.6) is 0 Å². The number of benzene rings is 1. The van der Waals surface area contributed by atoms with Gasteiger partial charge < -0.3 is 11.1 Å². The van der Waals surface area contributed by atoms with E-state index in [1.54, 1.807) is 6.92 Å². The molecule has 0 amide bonds. The van der Waals surface area contributed by atoms with Crippen molar-refractivity contribution < 1.29 is 17.2 Å². The fourth-order valence-corrected chi connectivity index (χ4v) is 2.45. The first-order valence-electron chi connectivity index (χ1n) is 4.88. The van der Waals surface area contributed by atoms with Gasteiger partial charge in [-0.05, 0) is 19.1 Å². The standard InChI is InChI=1S/C10H14F2N2O2S/c1-6(5-17(2,15)16)14-10-8(13)4-3-7(11)9(10)12/h3-4,6,14H,5,13H2,1-2H3. The lowest BCUT2D eigenvalue weighted by Crippen LogP contribution is -2.26. The highest BCUT2D eigenvalue weighted by molar-refractivity contribution is 7.90. The Labute approximate surface area is 98.7 Å². The minimum Gasteiger partial charge on any atom is -0.397 e. The van der Waals surface area contributed by atoms with E-state index in [1.807, 2.05) is 0 Å². The number of hydrogen-bond acceptors (Lipinski definition) is 4. The van der Waals surface area contributed by atoms with Gasteiger partial charge in [0.25, 0.3) is 0 Å². The number of rotatable bonds is 4. The quantitative estimate of drug-likeness (QED) is 0.806. The highest BCUT2D eigenvalue weighted by atomic mass is 32.2. The molecule has 1 aromatic rings. The van der Waals surface area contributed by atoms with Crippen molar-refractivity contribution in [1.82, 2.24) is 0 Å². The Morgan fingerprint density at radius 3 is 2.53 bits per heavy atom. The van der Waals surface area contributed by atoms with Crippen LogP contribution in [0.4, 0.5) is 20.2 Å². The summed E-state index contributed by atoms with van der Waals surface area (Å²) in [6.07, 6.45) is 1.07. The molecule has 0 radical (unpaired) electrons.